The number of halogens is 1. The van der Waals surface area contributed by atoms with E-state index in [4.69, 9.17) is 21.4 Å². The van der Waals surface area contributed by atoms with Gasteiger partial charge in [-0.15, -0.1) is 0 Å². The van der Waals surface area contributed by atoms with Gasteiger partial charge in [0.25, 0.3) is 0 Å². The minimum atomic E-state index is 0.0965. The molecule has 0 bridgehead atoms. The molecule has 21 heavy (non-hydrogen) atoms. The van der Waals surface area contributed by atoms with Crippen LogP contribution in [0.25, 0.3) is 0 Å². The van der Waals surface area contributed by atoms with Crippen molar-refractivity contribution in [2.75, 3.05) is 37.7 Å². The van der Waals surface area contributed by atoms with E-state index in [-0.39, 0.29) is 12.7 Å². The maximum atomic E-state index is 8.79. The van der Waals surface area contributed by atoms with Crippen molar-refractivity contribution in [2.45, 2.75) is 32.4 Å². The second-order valence-corrected chi connectivity index (χ2v) is 5.75. The van der Waals surface area contributed by atoms with Gasteiger partial charge in [-0.2, -0.15) is 0 Å². The van der Waals surface area contributed by atoms with E-state index >= 15 is 0 Å². The molecular formula is C16H25ClN2O2. The van der Waals surface area contributed by atoms with E-state index in [9.17, 15) is 0 Å². The summed E-state index contributed by atoms with van der Waals surface area (Å²) in [5.41, 5.74) is 2.32. The summed E-state index contributed by atoms with van der Waals surface area (Å²) in [6, 6.07) is 6.30. The molecule has 0 unspecified atom stereocenters. The van der Waals surface area contributed by atoms with Crippen molar-refractivity contribution in [1.29, 1.82) is 0 Å². The number of hydrogen-bond donors (Lipinski definition) is 2. The first-order valence-corrected chi connectivity index (χ1v) is 8.09. The van der Waals surface area contributed by atoms with Crippen molar-refractivity contribution >= 4 is 17.3 Å². The molecule has 5 heteroatoms. The lowest BCUT2D eigenvalue weighted by Gasteiger charge is -2.34. The van der Waals surface area contributed by atoms with Crippen molar-refractivity contribution in [2.24, 2.45) is 0 Å². The fraction of sp³-hybridized carbons (Fsp3) is 0.625. The van der Waals surface area contributed by atoms with E-state index in [1.807, 2.05) is 6.07 Å². The first-order valence-electron chi connectivity index (χ1n) is 7.71. The molecule has 1 aliphatic heterocycles. The molecule has 0 amide bonds. The summed E-state index contributed by atoms with van der Waals surface area (Å²) in [4.78, 5) is 2.32. The number of ether oxygens (including phenoxy) is 1. The van der Waals surface area contributed by atoms with Gasteiger partial charge in [0.2, 0.25) is 0 Å². The molecule has 0 saturated carbocycles. The highest BCUT2D eigenvalue weighted by Gasteiger charge is 2.21. The molecule has 0 spiro atoms. The Kier molecular flexibility index (Phi) is 6.77. The predicted molar refractivity (Wildman–Crippen MR) is 87.1 cm³/mol. The molecule has 1 heterocycles. The van der Waals surface area contributed by atoms with Crippen LogP contribution in [-0.4, -0.2) is 44.1 Å². The highest BCUT2D eigenvalue weighted by molar-refractivity contribution is 6.33. The number of piperidine rings is 1. The van der Waals surface area contributed by atoms with Crippen LogP contribution in [0.5, 0.6) is 0 Å². The standard InChI is InChI=1S/C16H25ClN2O2/c1-2-18-12-13-3-4-16(15(17)11-13)19-7-5-14(6-8-19)21-10-9-20/h3-4,11,14,18,20H,2,5-10,12H2,1H3. The lowest BCUT2D eigenvalue weighted by Crippen LogP contribution is -2.37. The Bertz CT molecular complexity index is 434. The summed E-state index contributed by atoms with van der Waals surface area (Å²) in [6.07, 6.45) is 2.23. The van der Waals surface area contributed by atoms with Crippen LogP contribution in [0.3, 0.4) is 0 Å². The number of benzene rings is 1. The van der Waals surface area contributed by atoms with Crippen molar-refractivity contribution < 1.29 is 9.84 Å². The summed E-state index contributed by atoms with van der Waals surface area (Å²) >= 11 is 6.43. The average Bonchev–Trinajstić information content (AvgIpc) is 2.52. The van der Waals surface area contributed by atoms with E-state index < -0.39 is 0 Å². The molecule has 0 aromatic heterocycles. The molecule has 0 aliphatic carbocycles. The average molecular weight is 313 g/mol. The normalized spacial score (nSPS) is 16.4. The van der Waals surface area contributed by atoms with Gasteiger partial charge in [-0.05, 0) is 37.1 Å². The molecule has 0 radical (unpaired) electrons. The lowest BCUT2D eigenvalue weighted by molar-refractivity contribution is 0.0159. The van der Waals surface area contributed by atoms with E-state index in [1.165, 1.54) is 5.56 Å². The number of anilines is 1. The summed E-state index contributed by atoms with van der Waals surface area (Å²) in [5.74, 6) is 0. The molecule has 1 aliphatic rings. The molecule has 1 aromatic carbocycles. The second-order valence-electron chi connectivity index (χ2n) is 5.35. The van der Waals surface area contributed by atoms with Gasteiger partial charge in [-0.3, -0.25) is 0 Å². The van der Waals surface area contributed by atoms with Crippen LogP contribution < -0.4 is 10.2 Å². The fourth-order valence-corrected chi connectivity index (χ4v) is 2.99. The topological polar surface area (TPSA) is 44.7 Å². The number of nitrogens with one attached hydrogen (secondary N) is 1. The number of nitrogens with zero attached hydrogens (tertiary/aromatic N) is 1. The Morgan fingerprint density at radius 1 is 1.38 bits per heavy atom. The van der Waals surface area contributed by atoms with Gasteiger partial charge in [-0.25, -0.2) is 0 Å². The van der Waals surface area contributed by atoms with E-state index in [0.29, 0.717) is 6.61 Å². The first-order chi connectivity index (χ1) is 10.2. The molecular weight excluding hydrogens is 288 g/mol. The zero-order chi connectivity index (χ0) is 15.1. The van der Waals surface area contributed by atoms with E-state index in [1.54, 1.807) is 0 Å². The van der Waals surface area contributed by atoms with Crippen molar-refractivity contribution in [3.63, 3.8) is 0 Å². The molecule has 2 rings (SSSR count). The molecule has 1 saturated heterocycles. The van der Waals surface area contributed by atoms with Gasteiger partial charge < -0.3 is 20.1 Å². The van der Waals surface area contributed by atoms with Gasteiger partial charge in [0.1, 0.15) is 0 Å². The third-order valence-corrected chi connectivity index (χ3v) is 4.12. The van der Waals surface area contributed by atoms with Crippen LogP contribution >= 0.6 is 11.6 Å². The maximum absolute atomic E-state index is 8.79. The zero-order valence-electron chi connectivity index (χ0n) is 12.6. The lowest BCUT2D eigenvalue weighted by atomic mass is 10.1. The van der Waals surface area contributed by atoms with Crippen LogP contribution in [0, 0.1) is 0 Å². The summed E-state index contributed by atoms with van der Waals surface area (Å²) in [7, 11) is 0. The third-order valence-electron chi connectivity index (χ3n) is 3.82. The van der Waals surface area contributed by atoms with Gasteiger partial charge >= 0.3 is 0 Å². The third kappa shape index (κ3) is 4.85. The molecule has 1 fully saturated rings. The SMILES string of the molecule is CCNCc1ccc(N2CCC(OCCO)CC2)c(Cl)c1. The fourth-order valence-electron chi connectivity index (χ4n) is 2.67. The molecule has 118 valence electrons. The smallest absolute Gasteiger partial charge is 0.0701 e. The van der Waals surface area contributed by atoms with Crippen molar-refractivity contribution in [3.8, 4) is 0 Å². The highest BCUT2D eigenvalue weighted by atomic mass is 35.5. The van der Waals surface area contributed by atoms with Gasteiger partial charge in [0.15, 0.2) is 0 Å². The largest absolute Gasteiger partial charge is 0.394 e. The molecule has 0 atom stereocenters. The Morgan fingerprint density at radius 2 is 2.14 bits per heavy atom. The van der Waals surface area contributed by atoms with Crippen LogP contribution in [-0.2, 0) is 11.3 Å². The van der Waals surface area contributed by atoms with Crippen LogP contribution in [0.4, 0.5) is 5.69 Å². The van der Waals surface area contributed by atoms with E-state index in [2.05, 4.69) is 29.3 Å². The predicted octanol–water partition coefficient (Wildman–Crippen LogP) is 2.43. The highest BCUT2D eigenvalue weighted by Crippen LogP contribution is 2.29. The minimum Gasteiger partial charge on any atom is -0.394 e. The Labute approximate surface area is 132 Å². The quantitative estimate of drug-likeness (QED) is 0.811. The zero-order valence-corrected chi connectivity index (χ0v) is 13.4. The molecule has 2 N–H and O–H groups in total. The van der Waals surface area contributed by atoms with Gasteiger partial charge in [0.05, 0.1) is 30.0 Å². The van der Waals surface area contributed by atoms with Crippen molar-refractivity contribution in [3.05, 3.63) is 28.8 Å². The van der Waals surface area contributed by atoms with Gasteiger partial charge in [0, 0.05) is 19.6 Å². The maximum Gasteiger partial charge on any atom is 0.0701 e. The van der Waals surface area contributed by atoms with Crippen molar-refractivity contribution in [1.82, 2.24) is 5.32 Å². The molecule has 4 nitrogen and oxygen atoms in total. The molecule has 1 aromatic rings. The van der Waals surface area contributed by atoms with Crippen LogP contribution in [0.2, 0.25) is 5.02 Å². The van der Waals surface area contributed by atoms with E-state index in [0.717, 1.165) is 49.7 Å². The summed E-state index contributed by atoms with van der Waals surface area (Å²) < 4.78 is 5.59. The second kappa shape index (κ2) is 8.59. The van der Waals surface area contributed by atoms with Crippen LogP contribution in [0.1, 0.15) is 25.3 Å². The summed E-state index contributed by atoms with van der Waals surface area (Å²) in [5, 5.41) is 12.9. The Morgan fingerprint density at radius 3 is 2.76 bits per heavy atom. The van der Waals surface area contributed by atoms with Crippen LogP contribution in [0.15, 0.2) is 18.2 Å². The van der Waals surface area contributed by atoms with Gasteiger partial charge in [-0.1, -0.05) is 24.6 Å². The Hall–Kier alpha value is -0.810. The number of aliphatic hydroxyl groups is 1. The number of hydrogen-bond acceptors (Lipinski definition) is 4. The first kappa shape index (κ1) is 16.6. The number of aliphatic hydroxyl groups excluding tert-OH is 1. The number of rotatable bonds is 7. The monoisotopic (exact) mass is 312 g/mol. The minimum absolute atomic E-state index is 0.0965. The Balaban J connectivity index is 1.91. The summed E-state index contributed by atoms with van der Waals surface area (Å²) in [6.45, 7) is 6.34.